The summed E-state index contributed by atoms with van der Waals surface area (Å²) in [6.07, 6.45) is 0.815. The number of benzene rings is 1. The molecule has 1 aromatic rings. The maximum Gasteiger partial charge on any atom is 0.226 e. The van der Waals surface area contributed by atoms with E-state index >= 15 is 0 Å². The summed E-state index contributed by atoms with van der Waals surface area (Å²) in [6, 6.07) is 10.0. The number of rotatable bonds is 4. The van der Waals surface area contributed by atoms with Crippen LogP contribution in [0.3, 0.4) is 0 Å². The third-order valence-electron chi connectivity index (χ3n) is 3.79. The highest BCUT2D eigenvalue weighted by atomic mass is 79.9. The van der Waals surface area contributed by atoms with E-state index in [-0.39, 0.29) is 23.5 Å². The molecule has 1 saturated heterocycles. The second kappa shape index (κ2) is 6.06. The number of carbonyl (C=O) groups is 1. The fraction of sp³-hybridized carbons (Fsp3) is 0.533. The summed E-state index contributed by atoms with van der Waals surface area (Å²) in [5.74, 6) is 0.0397. The summed E-state index contributed by atoms with van der Waals surface area (Å²) in [6.45, 7) is 4.68. The Kier molecular flexibility index (Phi) is 4.63. The summed E-state index contributed by atoms with van der Waals surface area (Å²) in [4.78, 5) is 12.4. The highest BCUT2D eigenvalue weighted by molar-refractivity contribution is 9.09. The average molecular weight is 326 g/mol. The Labute approximate surface area is 122 Å². The van der Waals surface area contributed by atoms with Crippen molar-refractivity contribution in [3.8, 4) is 0 Å². The summed E-state index contributed by atoms with van der Waals surface area (Å²) < 4.78 is 5.47. The molecule has 1 fully saturated rings. The van der Waals surface area contributed by atoms with Crippen molar-refractivity contribution in [2.45, 2.75) is 31.9 Å². The lowest BCUT2D eigenvalue weighted by Gasteiger charge is -2.31. The van der Waals surface area contributed by atoms with Crippen LogP contribution in [0.1, 0.15) is 25.8 Å². The lowest BCUT2D eigenvalue weighted by Crippen LogP contribution is -2.48. The number of halogens is 1. The van der Waals surface area contributed by atoms with Crippen LogP contribution in [0.25, 0.3) is 0 Å². The largest absolute Gasteiger partial charge is 0.378 e. The number of amides is 1. The van der Waals surface area contributed by atoms with E-state index in [0.717, 1.165) is 12.0 Å². The molecule has 0 aliphatic carbocycles. The fourth-order valence-electron chi connectivity index (χ4n) is 2.43. The van der Waals surface area contributed by atoms with E-state index in [1.165, 1.54) is 0 Å². The van der Waals surface area contributed by atoms with Crippen LogP contribution in [0.15, 0.2) is 30.3 Å². The molecule has 19 heavy (non-hydrogen) atoms. The van der Waals surface area contributed by atoms with Gasteiger partial charge in [-0.25, -0.2) is 0 Å². The third-order valence-corrected chi connectivity index (χ3v) is 4.91. The zero-order chi connectivity index (χ0) is 13.9. The van der Waals surface area contributed by atoms with Crippen LogP contribution < -0.4 is 5.32 Å². The number of alkyl halides is 1. The van der Waals surface area contributed by atoms with E-state index in [1.54, 1.807) is 0 Å². The molecule has 0 aromatic heterocycles. The summed E-state index contributed by atoms with van der Waals surface area (Å²) in [5.41, 5.74) is 0.715. The van der Waals surface area contributed by atoms with Crippen LogP contribution in [0.5, 0.6) is 0 Å². The number of hydrogen-bond donors (Lipinski definition) is 1. The van der Waals surface area contributed by atoms with Crippen molar-refractivity contribution < 1.29 is 9.53 Å². The molecule has 1 aromatic carbocycles. The second-order valence-corrected chi connectivity index (χ2v) is 5.85. The molecule has 0 bridgehead atoms. The Hall–Kier alpha value is -0.870. The molecule has 1 N–H and O–H groups in total. The van der Waals surface area contributed by atoms with Crippen LogP contribution in [0, 0.1) is 5.92 Å². The number of hydrogen-bond acceptors (Lipinski definition) is 2. The Balaban J connectivity index is 2.12. The lowest BCUT2D eigenvalue weighted by atomic mass is 9.92. The Bertz CT molecular complexity index is 437. The first kappa shape index (κ1) is 14.5. The third kappa shape index (κ3) is 3.18. The molecule has 3 unspecified atom stereocenters. The molecule has 1 amide bonds. The number of carbonyl (C=O) groups excluding carboxylic acids is 1. The number of nitrogens with one attached hydrogen (secondary N) is 1. The van der Waals surface area contributed by atoms with Gasteiger partial charge in [0.25, 0.3) is 0 Å². The molecule has 3 nitrogen and oxygen atoms in total. The van der Waals surface area contributed by atoms with Crippen molar-refractivity contribution in [1.29, 1.82) is 0 Å². The van der Waals surface area contributed by atoms with Crippen LogP contribution in [-0.2, 0) is 15.1 Å². The SMILES string of the molecule is CC1OCCC1C(=O)NC(C)(CBr)c1ccccc1. The number of ether oxygens (including phenoxy) is 1. The van der Waals surface area contributed by atoms with E-state index in [2.05, 4.69) is 21.2 Å². The van der Waals surface area contributed by atoms with Gasteiger partial charge in [0.2, 0.25) is 5.91 Å². The molecule has 4 heteroatoms. The molecular weight excluding hydrogens is 306 g/mol. The van der Waals surface area contributed by atoms with Gasteiger partial charge < -0.3 is 10.1 Å². The zero-order valence-electron chi connectivity index (χ0n) is 11.4. The van der Waals surface area contributed by atoms with Gasteiger partial charge in [0, 0.05) is 11.9 Å². The van der Waals surface area contributed by atoms with Gasteiger partial charge in [-0.05, 0) is 25.8 Å². The topological polar surface area (TPSA) is 38.3 Å². The van der Waals surface area contributed by atoms with Crippen molar-refractivity contribution in [1.82, 2.24) is 5.32 Å². The van der Waals surface area contributed by atoms with Gasteiger partial charge in [0.15, 0.2) is 0 Å². The molecule has 3 atom stereocenters. The fourth-order valence-corrected chi connectivity index (χ4v) is 2.89. The standard InChI is InChI=1S/C15H20BrNO2/c1-11-13(8-9-19-11)14(18)17-15(2,10-16)12-6-4-3-5-7-12/h3-7,11,13H,8-10H2,1-2H3,(H,17,18). The van der Waals surface area contributed by atoms with Gasteiger partial charge in [-0.3, -0.25) is 4.79 Å². The van der Waals surface area contributed by atoms with E-state index in [1.807, 2.05) is 44.2 Å². The highest BCUT2D eigenvalue weighted by Gasteiger charge is 2.35. The van der Waals surface area contributed by atoms with Gasteiger partial charge in [-0.15, -0.1) is 0 Å². The molecule has 1 heterocycles. The second-order valence-electron chi connectivity index (χ2n) is 5.29. The molecule has 104 valence electrons. The molecule has 1 aliphatic heterocycles. The van der Waals surface area contributed by atoms with Crippen molar-refractivity contribution in [2.75, 3.05) is 11.9 Å². The predicted octanol–water partition coefficient (Wildman–Crippen LogP) is 2.84. The Morgan fingerprint density at radius 1 is 1.47 bits per heavy atom. The summed E-state index contributed by atoms with van der Waals surface area (Å²) >= 11 is 3.51. The van der Waals surface area contributed by atoms with Crippen LogP contribution >= 0.6 is 15.9 Å². The zero-order valence-corrected chi connectivity index (χ0v) is 12.9. The minimum absolute atomic E-state index is 0.00958. The lowest BCUT2D eigenvalue weighted by molar-refractivity contribution is -0.128. The van der Waals surface area contributed by atoms with Crippen molar-refractivity contribution in [3.63, 3.8) is 0 Å². The average Bonchev–Trinajstić information content (AvgIpc) is 2.86. The van der Waals surface area contributed by atoms with E-state index in [4.69, 9.17) is 4.74 Å². The first-order valence-electron chi connectivity index (χ1n) is 6.62. The Morgan fingerprint density at radius 2 is 2.16 bits per heavy atom. The Morgan fingerprint density at radius 3 is 2.68 bits per heavy atom. The van der Waals surface area contributed by atoms with Gasteiger partial charge in [-0.1, -0.05) is 46.3 Å². The van der Waals surface area contributed by atoms with Gasteiger partial charge in [-0.2, -0.15) is 0 Å². The first-order valence-corrected chi connectivity index (χ1v) is 7.74. The molecule has 0 saturated carbocycles. The predicted molar refractivity (Wildman–Crippen MR) is 79.3 cm³/mol. The quantitative estimate of drug-likeness (QED) is 0.864. The maximum atomic E-state index is 12.4. The van der Waals surface area contributed by atoms with Crippen LogP contribution in [-0.4, -0.2) is 23.9 Å². The molecule has 0 spiro atoms. The summed E-state index contributed by atoms with van der Waals surface area (Å²) in [5, 5.41) is 3.84. The minimum Gasteiger partial charge on any atom is -0.378 e. The van der Waals surface area contributed by atoms with Crippen molar-refractivity contribution in [2.24, 2.45) is 5.92 Å². The molecule has 1 aliphatic rings. The highest BCUT2D eigenvalue weighted by Crippen LogP contribution is 2.26. The van der Waals surface area contributed by atoms with E-state index < -0.39 is 0 Å². The minimum atomic E-state index is -0.388. The van der Waals surface area contributed by atoms with Crippen LogP contribution in [0.4, 0.5) is 0 Å². The summed E-state index contributed by atoms with van der Waals surface area (Å²) in [7, 11) is 0. The molecular formula is C15H20BrNO2. The van der Waals surface area contributed by atoms with Crippen molar-refractivity contribution in [3.05, 3.63) is 35.9 Å². The first-order chi connectivity index (χ1) is 9.07. The van der Waals surface area contributed by atoms with Crippen LogP contribution in [0.2, 0.25) is 0 Å². The van der Waals surface area contributed by atoms with Gasteiger partial charge in [0.1, 0.15) is 0 Å². The molecule has 0 radical (unpaired) electrons. The van der Waals surface area contributed by atoms with Gasteiger partial charge in [0.05, 0.1) is 17.6 Å². The smallest absolute Gasteiger partial charge is 0.226 e. The maximum absolute atomic E-state index is 12.4. The van der Waals surface area contributed by atoms with Crippen molar-refractivity contribution >= 4 is 21.8 Å². The van der Waals surface area contributed by atoms with Gasteiger partial charge >= 0.3 is 0 Å². The normalized spacial score (nSPS) is 25.8. The van der Waals surface area contributed by atoms with E-state index in [0.29, 0.717) is 11.9 Å². The van der Waals surface area contributed by atoms with E-state index in [9.17, 15) is 4.79 Å². The monoisotopic (exact) mass is 325 g/mol. The molecule has 2 rings (SSSR count).